The number of hydrogen-bond acceptors (Lipinski definition) is 4. The first-order chi connectivity index (χ1) is 15.6. The molecule has 0 heterocycles. The summed E-state index contributed by atoms with van der Waals surface area (Å²) >= 11 is 0. The molecule has 6 atom stereocenters. The molecule has 1 fully saturated rings. The molecule has 33 heavy (non-hydrogen) atoms. The molecule has 0 spiro atoms. The van der Waals surface area contributed by atoms with Crippen molar-refractivity contribution in [2.75, 3.05) is 13.2 Å². The predicted octanol–water partition coefficient (Wildman–Crippen LogP) is 5.12. The second-order valence-electron chi connectivity index (χ2n) is 11.0. The smallest absolute Gasteiger partial charge is 0.225 e. The van der Waals surface area contributed by atoms with Gasteiger partial charge in [-0.3, -0.25) is 4.79 Å². The van der Waals surface area contributed by atoms with Crippen LogP contribution in [0.1, 0.15) is 86.5 Å². The van der Waals surface area contributed by atoms with Crippen LogP contribution in [0.2, 0.25) is 0 Å². The van der Waals surface area contributed by atoms with E-state index in [2.05, 4.69) is 26.0 Å². The number of aliphatic hydroxyl groups is 2. The number of amides is 1. The number of carbonyl (C=O) groups excluding carboxylic acids is 1. The van der Waals surface area contributed by atoms with Crippen molar-refractivity contribution in [1.82, 2.24) is 4.90 Å². The van der Waals surface area contributed by atoms with Crippen LogP contribution in [-0.2, 0) is 9.53 Å². The Morgan fingerprint density at radius 3 is 2.58 bits per heavy atom. The van der Waals surface area contributed by atoms with E-state index < -0.39 is 6.10 Å². The summed E-state index contributed by atoms with van der Waals surface area (Å²) in [5.74, 6) is 1.53. The molecule has 5 nitrogen and oxygen atoms in total. The zero-order valence-corrected chi connectivity index (χ0v) is 21.9. The van der Waals surface area contributed by atoms with E-state index >= 15 is 0 Å². The minimum absolute atomic E-state index is 0.0940. The van der Waals surface area contributed by atoms with Gasteiger partial charge in [-0.05, 0) is 70.3 Å². The molecule has 190 valence electrons. The molecule has 2 rings (SSSR count). The Kier molecular flexibility index (Phi) is 11.6. The van der Waals surface area contributed by atoms with Gasteiger partial charge in [0.1, 0.15) is 0 Å². The minimum atomic E-state index is -0.436. The van der Waals surface area contributed by atoms with Gasteiger partial charge in [-0.15, -0.1) is 0 Å². The van der Waals surface area contributed by atoms with E-state index in [0.717, 1.165) is 25.7 Å². The summed E-state index contributed by atoms with van der Waals surface area (Å²) in [6.45, 7) is 13.6. The monoisotopic (exact) mass is 463 g/mol. The van der Waals surface area contributed by atoms with E-state index in [4.69, 9.17) is 4.74 Å². The Labute approximate surface area is 202 Å². The molecule has 0 aromatic heterocycles. The SMILES string of the molecule is CCCC[C@H](C)C[C@H](O)C=C[C@@H]1[C@H]2CC(COCCC(=O)N(C(C)C)C(C)C)=C[C@H]2C[C@H]1O. The summed E-state index contributed by atoms with van der Waals surface area (Å²) in [5.41, 5.74) is 1.28. The van der Waals surface area contributed by atoms with Crippen molar-refractivity contribution in [1.29, 1.82) is 0 Å². The fourth-order valence-corrected chi connectivity index (χ4v) is 5.79. The largest absolute Gasteiger partial charge is 0.392 e. The molecule has 0 saturated heterocycles. The number of rotatable bonds is 14. The minimum Gasteiger partial charge on any atom is -0.392 e. The molecule has 2 N–H and O–H groups in total. The van der Waals surface area contributed by atoms with E-state index in [-0.39, 0.29) is 30.0 Å². The Morgan fingerprint density at radius 1 is 1.24 bits per heavy atom. The average molecular weight is 464 g/mol. The highest BCUT2D eigenvalue weighted by atomic mass is 16.5. The quantitative estimate of drug-likeness (QED) is 0.277. The standard InChI is InChI=1S/C28H49NO4/c1-7-8-9-21(6)14-24(30)10-11-25-26-16-22(15-23(26)17-27(25)31)18-33-13-12-28(32)29(19(2)3)20(4)5/h10-11,15,19-21,23-27,30-31H,7-9,12-14,16-18H2,1-6H3/t21-,23-,24+,25+,26-,27+/m0/s1. The molecule has 0 aromatic rings. The van der Waals surface area contributed by atoms with Crippen molar-refractivity contribution in [2.45, 2.75) is 111 Å². The van der Waals surface area contributed by atoms with Gasteiger partial charge in [0.15, 0.2) is 0 Å². The third kappa shape index (κ3) is 8.52. The third-order valence-electron chi connectivity index (χ3n) is 7.35. The van der Waals surface area contributed by atoms with Gasteiger partial charge in [-0.2, -0.15) is 0 Å². The van der Waals surface area contributed by atoms with Crippen LogP contribution in [0.25, 0.3) is 0 Å². The Morgan fingerprint density at radius 2 is 1.94 bits per heavy atom. The Hall–Kier alpha value is -1.17. The maximum Gasteiger partial charge on any atom is 0.225 e. The van der Waals surface area contributed by atoms with Crippen LogP contribution in [0.4, 0.5) is 0 Å². The van der Waals surface area contributed by atoms with E-state index in [1.54, 1.807) is 0 Å². The van der Waals surface area contributed by atoms with Crippen LogP contribution in [0.3, 0.4) is 0 Å². The van der Waals surface area contributed by atoms with Gasteiger partial charge in [-0.25, -0.2) is 0 Å². The highest BCUT2D eigenvalue weighted by Crippen LogP contribution is 2.47. The summed E-state index contributed by atoms with van der Waals surface area (Å²) in [5, 5.41) is 21.0. The fourth-order valence-electron chi connectivity index (χ4n) is 5.79. The Bertz CT molecular complexity index is 648. The molecule has 1 saturated carbocycles. The van der Waals surface area contributed by atoms with Crippen LogP contribution in [0.5, 0.6) is 0 Å². The summed E-state index contributed by atoms with van der Waals surface area (Å²) in [7, 11) is 0. The van der Waals surface area contributed by atoms with Crippen LogP contribution in [0.15, 0.2) is 23.8 Å². The van der Waals surface area contributed by atoms with Gasteiger partial charge in [-0.1, -0.05) is 51.3 Å². The number of allylic oxidation sites excluding steroid dienone is 1. The predicted molar refractivity (Wildman–Crippen MR) is 135 cm³/mol. The van der Waals surface area contributed by atoms with E-state index in [0.29, 0.717) is 37.4 Å². The molecule has 0 radical (unpaired) electrons. The lowest BCUT2D eigenvalue weighted by Crippen LogP contribution is -2.42. The van der Waals surface area contributed by atoms with Gasteiger partial charge < -0.3 is 19.8 Å². The van der Waals surface area contributed by atoms with Crippen LogP contribution in [0, 0.1) is 23.7 Å². The number of unbranched alkanes of at least 4 members (excludes halogenated alkanes) is 1. The van der Waals surface area contributed by atoms with E-state index in [9.17, 15) is 15.0 Å². The molecular formula is C28H49NO4. The number of aliphatic hydroxyl groups excluding tert-OH is 2. The summed E-state index contributed by atoms with van der Waals surface area (Å²) in [4.78, 5) is 14.4. The molecule has 1 amide bonds. The topological polar surface area (TPSA) is 70.0 Å². The number of hydrogen-bond donors (Lipinski definition) is 2. The molecule has 5 heteroatoms. The first-order valence-corrected chi connectivity index (χ1v) is 13.3. The van der Waals surface area contributed by atoms with Crippen LogP contribution in [-0.4, -0.2) is 58.5 Å². The first kappa shape index (κ1) is 28.1. The van der Waals surface area contributed by atoms with Gasteiger partial charge in [0, 0.05) is 18.0 Å². The van der Waals surface area contributed by atoms with Crippen LogP contribution < -0.4 is 0 Å². The van der Waals surface area contributed by atoms with Crippen LogP contribution >= 0.6 is 0 Å². The van der Waals surface area contributed by atoms with Crippen molar-refractivity contribution in [2.24, 2.45) is 23.7 Å². The number of fused-ring (bicyclic) bond motifs is 1. The van der Waals surface area contributed by atoms with Gasteiger partial charge in [0.05, 0.1) is 31.8 Å². The van der Waals surface area contributed by atoms with Crippen molar-refractivity contribution in [3.63, 3.8) is 0 Å². The number of ether oxygens (including phenoxy) is 1. The number of nitrogens with zero attached hydrogens (tertiary/aromatic N) is 1. The summed E-state index contributed by atoms with van der Waals surface area (Å²) in [6.07, 6.45) is 11.9. The Balaban J connectivity index is 1.77. The average Bonchev–Trinajstić information content (AvgIpc) is 3.23. The summed E-state index contributed by atoms with van der Waals surface area (Å²) < 4.78 is 5.86. The summed E-state index contributed by atoms with van der Waals surface area (Å²) in [6, 6.07) is 0.396. The molecule has 0 bridgehead atoms. The maximum atomic E-state index is 12.5. The highest BCUT2D eigenvalue weighted by Gasteiger charge is 2.43. The van der Waals surface area contributed by atoms with Crippen molar-refractivity contribution in [3.05, 3.63) is 23.8 Å². The number of carbonyl (C=O) groups is 1. The lowest BCUT2D eigenvalue weighted by Gasteiger charge is -2.30. The maximum absolute atomic E-state index is 12.5. The van der Waals surface area contributed by atoms with Crippen molar-refractivity contribution < 1.29 is 19.7 Å². The fraction of sp³-hybridized carbons (Fsp3) is 0.821. The normalized spacial score (nSPS) is 26.8. The molecule has 0 aromatic carbocycles. The van der Waals surface area contributed by atoms with E-state index in [1.165, 1.54) is 18.4 Å². The van der Waals surface area contributed by atoms with Crippen molar-refractivity contribution in [3.8, 4) is 0 Å². The lowest BCUT2D eigenvalue weighted by atomic mass is 9.88. The van der Waals surface area contributed by atoms with Gasteiger partial charge >= 0.3 is 0 Å². The molecule has 0 unspecified atom stereocenters. The van der Waals surface area contributed by atoms with E-state index in [1.807, 2.05) is 38.7 Å². The molecule has 0 aliphatic heterocycles. The highest BCUT2D eigenvalue weighted by molar-refractivity contribution is 5.76. The molecular weight excluding hydrogens is 414 g/mol. The lowest BCUT2D eigenvalue weighted by molar-refractivity contribution is -0.135. The first-order valence-electron chi connectivity index (χ1n) is 13.3. The second kappa shape index (κ2) is 13.7. The third-order valence-corrected chi connectivity index (χ3v) is 7.35. The second-order valence-corrected chi connectivity index (χ2v) is 11.0. The zero-order chi connectivity index (χ0) is 24.5. The van der Waals surface area contributed by atoms with Crippen molar-refractivity contribution >= 4 is 5.91 Å². The molecule has 2 aliphatic carbocycles. The van der Waals surface area contributed by atoms with Gasteiger partial charge in [0.2, 0.25) is 5.91 Å². The molecule has 2 aliphatic rings. The zero-order valence-electron chi connectivity index (χ0n) is 21.9. The van der Waals surface area contributed by atoms with Gasteiger partial charge in [0.25, 0.3) is 0 Å².